The molecule has 5 aliphatic rings. The molecule has 8 bridgehead atoms. The SMILES string of the molecule is CCC1=C(C2OC(C)O2)c2cc3[nH]c(cc4[nH]c5c(c6nc(cc1n2)C(C)(C)C6)C(=O)N(Cc1ccccc1)C(=O)c5c4CC)C(C)(C)C3. The van der Waals surface area contributed by atoms with Crippen molar-refractivity contribution in [1.82, 2.24) is 24.8 Å². The highest BCUT2D eigenvalue weighted by molar-refractivity contribution is 6.23. The van der Waals surface area contributed by atoms with Crippen LogP contribution in [-0.2, 0) is 46.1 Å². The van der Waals surface area contributed by atoms with Crippen molar-refractivity contribution in [3.63, 3.8) is 0 Å². The molecule has 9 heteroatoms. The molecule has 1 saturated heterocycles. The largest absolute Gasteiger partial charge is 0.362 e. The molecule has 0 saturated carbocycles. The summed E-state index contributed by atoms with van der Waals surface area (Å²) in [4.78, 5) is 48.1. The van der Waals surface area contributed by atoms with Gasteiger partial charge in [-0.3, -0.25) is 19.5 Å². The lowest BCUT2D eigenvalue weighted by Gasteiger charge is -2.35. The zero-order chi connectivity index (χ0) is 34.4. The molecule has 0 atom stereocenters. The third kappa shape index (κ3) is 5.05. The minimum Gasteiger partial charge on any atom is -0.362 e. The summed E-state index contributed by atoms with van der Waals surface area (Å²) in [7, 11) is 0. The lowest BCUT2D eigenvalue weighted by Crippen LogP contribution is -2.40. The summed E-state index contributed by atoms with van der Waals surface area (Å²) >= 11 is 0. The molecule has 0 aliphatic carbocycles. The van der Waals surface area contributed by atoms with Crippen LogP contribution in [0.3, 0.4) is 0 Å². The van der Waals surface area contributed by atoms with Crippen LogP contribution in [0.1, 0.15) is 121 Å². The average molecular weight is 658 g/mol. The summed E-state index contributed by atoms with van der Waals surface area (Å²) in [5, 5.41) is 0. The van der Waals surface area contributed by atoms with Crippen LogP contribution < -0.4 is 0 Å². The number of ether oxygens (including phenoxy) is 2. The fourth-order valence-corrected chi connectivity index (χ4v) is 7.96. The van der Waals surface area contributed by atoms with Gasteiger partial charge >= 0.3 is 0 Å². The lowest BCUT2D eigenvalue weighted by molar-refractivity contribution is -0.349. The third-order valence-corrected chi connectivity index (χ3v) is 10.6. The van der Waals surface area contributed by atoms with Crippen molar-refractivity contribution in [1.29, 1.82) is 0 Å². The Morgan fingerprint density at radius 2 is 1.59 bits per heavy atom. The minimum absolute atomic E-state index is 0.182. The van der Waals surface area contributed by atoms with Crippen molar-refractivity contribution < 1.29 is 19.1 Å². The number of hydrogen-bond acceptors (Lipinski definition) is 6. The number of H-pyrrole nitrogens is 2. The highest BCUT2D eigenvalue weighted by Gasteiger charge is 2.41. The number of carbonyl (C=O) groups is 2. The van der Waals surface area contributed by atoms with E-state index in [1.54, 1.807) is 0 Å². The summed E-state index contributed by atoms with van der Waals surface area (Å²) < 4.78 is 12.1. The smallest absolute Gasteiger partial charge is 0.265 e. The number of hydrogen-bond donors (Lipinski definition) is 2. The van der Waals surface area contributed by atoms with Gasteiger partial charge in [-0.2, -0.15) is 0 Å². The molecule has 0 unspecified atom stereocenters. The predicted octanol–water partition coefficient (Wildman–Crippen LogP) is 7.48. The Morgan fingerprint density at radius 1 is 0.857 bits per heavy atom. The van der Waals surface area contributed by atoms with Crippen LogP contribution in [0.4, 0.5) is 0 Å². The molecule has 2 aromatic heterocycles. The topological polar surface area (TPSA) is 113 Å². The van der Waals surface area contributed by atoms with Crippen LogP contribution in [-0.4, -0.2) is 49.2 Å². The van der Waals surface area contributed by atoms with E-state index in [0.29, 0.717) is 35.2 Å². The molecule has 1 aromatic carbocycles. The molecule has 1 fully saturated rings. The van der Waals surface area contributed by atoms with Crippen LogP contribution in [0.2, 0.25) is 0 Å². The van der Waals surface area contributed by atoms with Crippen molar-refractivity contribution in [3.05, 3.63) is 105 Å². The van der Waals surface area contributed by atoms with Crippen molar-refractivity contribution in [3.8, 4) is 0 Å². The van der Waals surface area contributed by atoms with Gasteiger partial charge in [-0.05, 0) is 61.1 Å². The number of allylic oxidation sites excluding steroid dienone is 1. The summed E-state index contributed by atoms with van der Waals surface area (Å²) in [5.41, 5.74) is 10.9. The van der Waals surface area contributed by atoms with Crippen molar-refractivity contribution >= 4 is 34.0 Å². The molecule has 3 aromatic rings. The van der Waals surface area contributed by atoms with E-state index in [1.807, 2.05) is 37.3 Å². The molecule has 8 rings (SSSR count). The van der Waals surface area contributed by atoms with Crippen molar-refractivity contribution in [2.45, 2.75) is 104 Å². The molecule has 0 radical (unpaired) electrons. The molecule has 252 valence electrons. The standard InChI is InChI=1S/C40H43N5O4/c1-8-24-26-16-31-40(6,7)19-29(43-31)34-35-33(36(46)45(37(34)47)20-22-13-11-10-12-14-22)25(9-2)27(44-35)17-30-39(4,5)18-23(41-30)15-28(42-26)32(24)38-48-21(3)49-38/h10-17,21,38,41,44H,8-9,18-20H2,1-7H3. The number of benzene rings is 1. The highest BCUT2D eigenvalue weighted by Crippen LogP contribution is 2.43. The number of imide groups is 1. The Kier molecular flexibility index (Phi) is 7.25. The Hall–Kier alpha value is -4.60. The lowest BCUT2D eigenvalue weighted by atomic mass is 9.85. The van der Waals surface area contributed by atoms with Crippen molar-refractivity contribution in [2.75, 3.05) is 0 Å². The van der Waals surface area contributed by atoms with E-state index in [4.69, 9.17) is 19.4 Å². The second-order valence-corrected chi connectivity index (χ2v) is 15.0. The van der Waals surface area contributed by atoms with E-state index in [0.717, 1.165) is 69.1 Å². The minimum atomic E-state index is -0.482. The van der Waals surface area contributed by atoms with E-state index in [-0.39, 0.29) is 30.1 Å². The summed E-state index contributed by atoms with van der Waals surface area (Å²) in [5.74, 6) is -0.608. The highest BCUT2D eigenvalue weighted by atomic mass is 16.9. The van der Waals surface area contributed by atoms with E-state index in [9.17, 15) is 9.59 Å². The molecule has 7 heterocycles. The van der Waals surface area contributed by atoms with Gasteiger partial charge in [-0.25, -0.2) is 4.98 Å². The molecule has 2 amide bonds. The molecule has 0 spiro atoms. The number of aromatic amines is 2. The number of amides is 2. The first-order valence-electron chi connectivity index (χ1n) is 17.4. The molecule has 9 nitrogen and oxygen atoms in total. The van der Waals surface area contributed by atoms with Crippen LogP contribution in [0.15, 0.2) is 48.5 Å². The van der Waals surface area contributed by atoms with Gasteiger partial charge in [0.05, 0.1) is 40.3 Å². The van der Waals surface area contributed by atoms with Gasteiger partial charge in [-0.15, -0.1) is 0 Å². The van der Waals surface area contributed by atoms with Gasteiger partial charge in [0, 0.05) is 45.4 Å². The summed E-state index contributed by atoms with van der Waals surface area (Å²) in [6.07, 6.45) is 1.92. The molecule has 2 N–H and O–H groups in total. The van der Waals surface area contributed by atoms with Crippen LogP contribution in [0.25, 0.3) is 22.2 Å². The van der Waals surface area contributed by atoms with Gasteiger partial charge in [0.2, 0.25) is 0 Å². The maximum absolute atomic E-state index is 14.6. The number of carbonyl (C=O) groups excluding carboxylic acids is 2. The van der Waals surface area contributed by atoms with E-state index in [1.165, 1.54) is 4.90 Å². The van der Waals surface area contributed by atoms with Gasteiger partial charge in [0.1, 0.15) is 0 Å². The monoisotopic (exact) mass is 657 g/mol. The average Bonchev–Trinajstić information content (AvgIpc) is 3.74. The summed E-state index contributed by atoms with van der Waals surface area (Å²) in [6.45, 7) is 15.0. The number of nitrogens with zero attached hydrogens (tertiary/aromatic N) is 3. The van der Waals surface area contributed by atoms with Gasteiger partial charge in [0.25, 0.3) is 11.8 Å². The maximum atomic E-state index is 14.6. The maximum Gasteiger partial charge on any atom is 0.265 e. The third-order valence-electron chi connectivity index (χ3n) is 10.6. The predicted molar refractivity (Wildman–Crippen MR) is 188 cm³/mol. The second kappa shape index (κ2) is 11.2. The molecular formula is C40H43N5O4. The fourth-order valence-electron chi connectivity index (χ4n) is 7.96. The molecule has 5 aliphatic heterocycles. The Labute approximate surface area is 286 Å². The first-order chi connectivity index (χ1) is 23.4. The molecule has 49 heavy (non-hydrogen) atoms. The van der Waals surface area contributed by atoms with Crippen LogP contribution >= 0.6 is 0 Å². The van der Waals surface area contributed by atoms with E-state index >= 15 is 0 Å². The first kappa shape index (κ1) is 31.7. The number of aryl methyl sites for hydroxylation is 1. The zero-order valence-electron chi connectivity index (χ0n) is 29.3. The van der Waals surface area contributed by atoms with Crippen LogP contribution in [0, 0.1) is 0 Å². The van der Waals surface area contributed by atoms with E-state index < -0.39 is 11.7 Å². The number of aromatic nitrogens is 4. The van der Waals surface area contributed by atoms with Gasteiger partial charge in [-0.1, -0.05) is 71.9 Å². The first-order valence-corrected chi connectivity index (χ1v) is 17.4. The summed E-state index contributed by atoms with van der Waals surface area (Å²) in [6, 6.07) is 16.0. The Balaban J connectivity index is 1.47. The Morgan fingerprint density at radius 3 is 2.29 bits per heavy atom. The zero-order valence-corrected chi connectivity index (χ0v) is 29.3. The van der Waals surface area contributed by atoms with Crippen molar-refractivity contribution in [2.24, 2.45) is 0 Å². The normalized spacial score (nSPS) is 21.6. The quantitative estimate of drug-likeness (QED) is 0.275. The van der Waals surface area contributed by atoms with E-state index in [2.05, 4.69) is 69.7 Å². The van der Waals surface area contributed by atoms with Crippen LogP contribution in [0.5, 0.6) is 0 Å². The Bertz CT molecular complexity index is 2150. The van der Waals surface area contributed by atoms with Gasteiger partial charge in [0.15, 0.2) is 12.6 Å². The molecular weight excluding hydrogens is 614 g/mol. The number of fused-ring (bicyclic) bond motifs is 8. The van der Waals surface area contributed by atoms with Gasteiger partial charge < -0.3 is 19.4 Å². The fraction of sp³-hybridized carbons (Fsp3) is 0.400. The number of nitrogens with one attached hydrogen (secondary N) is 2. The number of rotatable bonds is 5. The second-order valence-electron chi connectivity index (χ2n) is 15.0.